The summed E-state index contributed by atoms with van der Waals surface area (Å²) in [6.45, 7) is 8.76. The molecule has 2 rings (SSSR count). The number of carbonyl (C=O) groups is 1. The van der Waals surface area contributed by atoms with Gasteiger partial charge in [0.15, 0.2) is 0 Å². The Kier molecular flexibility index (Phi) is 7.62. The molecule has 114 valence electrons. The summed E-state index contributed by atoms with van der Waals surface area (Å²) in [4.78, 5) is 14.5. The van der Waals surface area contributed by atoms with Gasteiger partial charge >= 0.3 is 5.97 Å². The van der Waals surface area contributed by atoms with Gasteiger partial charge in [0, 0.05) is 25.8 Å². The van der Waals surface area contributed by atoms with Gasteiger partial charge < -0.3 is 14.4 Å². The van der Waals surface area contributed by atoms with E-state index in [2.05, 4.69) is 11.8 Å². The second-order valence-electron chi connectivity index (χ2n) is 4.26. The van der Waals surface area contributed by atoms with Gasteiger partial charge in [-0.2, -0.15) is 0 Å². The van der Waals surface area contributed by atoms with Crippen LogP contribution in [0.1, 0.15) is 43.3 Å². The van der Waals surface area contributed by atoms with E-state index >= 15 is 0 Å². The summed E-state index contributed by atoms with van der Waals surface area (Å²) in [5.41, 5.74) is 0. The van der Waals surface area contributed by atoms with Crippen LogP contribution in [-0.2, 0) is 9.47 Å². The number of ether oxygens (including phenoxy) is 2. The number of rotatable bonds is 4. The van der Waals surface area contributed by atoms with E-state index in [0.717, 1.165) is 37.6 Å². The zero-order valence-corrected chi connectivity index (χ0v) is 13.7. The summed E-state index contributed by atoms with van der Waals surface area (Å²) in [7, 11) is 1.41. The molecule has 4 nitrogen and oxygen atoms in total. The van der Waals surface area contributed by atoms with Crippen molar-refractivity contribution in [1.29, 1.82) is 0 Å². The Morgan fingerprint density at radius 1 is 1.40 bits per heavy atom. The minimum atomic E-state index is -0.255. The normalized spacial score (nSPS) is 15.2. The molecule has 1 aromatic rings. The van der Waals surface area contributed by atoms with Gasteiger partial charge in [0.05, 0.1) is 12.1 Å². The Morgan fingerprint density at radius 2 is 2.05 bits per heavy atom. The number of anilines is 1. The molecule has 0 atom stereocenters. The quantitative estimate of drug-likeness (QED) is 0.797. The second-order valence-corrected chi connectivity index (χ2v) is 5.32. The molecule has 2 heterocycles. The molecule has 0 bridgehead atoms. The maximum Gasteiger partial charge on any atom is 0.348 e. The highest BCUT2D eigenvalue weighted by Gasteiger charge is 2.22. The van der Waals surface area contributed by atoms with Crippen molar-refractivity contribution in [2.45, 2.75) is 39.7 Å². The third-order valence-corrected chi connectivity index (χ3v) is 4.34. The molecule has 5 heteroatoms. The number of thiophene rings is 1. The largest absolute Gasteiger partial charge is 0.465 e. The Morgan fingerprint density at radius 3 is 2.60 bits per heavy atom. The molecule has 0 unspecified atom stereocenters. The van der Waals surface area contributed by atoms with E-state index in [9.17, 15) is 4.79 Å². The monoisotopic (exact) mass is 299 g/mol. The van der Waals surface area contributed by atoms with Crippen LogP contribution in [0.25, 0.3) is 0 Å². The fraction of sp³-hybridized carbons (Fsp3) is 0.667. The minimum absolute atomic E-state index is 0.255. The van der Waals surface area contributed by atoms with Crippen molar-refractivity contribution in [1.82, 2.24) is 0 Å². The molecule has 0 amide bonds. The molecular weight excluding hydrogens is 274 g/mol. The highest BCUT2D eigenvalue weighted by Crippen LogP contribution is 2.30. The van der Waals surface area contributed by atoms with Crippen molar-refractivity contribution in [3.63, 3.8) is 0 Å². The van der Waals surface area contributed by atoms with Gasteiger partial charge in [-0.15, -0.1) is 11.3 Å². The third kappa shape index (κ3) is 4.21. The molecule has 0 spiro atoms. The molecule has 0 aromatic carbocycles. The summed E-state index contributed by atoms with van der Waals surface area (Å²) in [6.07, 6.45) is 2.11. The van der Waals surface area contributed by atoms with Gasteiger partial charge in [0.25, 0.3) is 0 Å². The number of nitrogens with zero attached hydrogens (tertiary/aromatic N) is 1. The lowest BCUT2D eigenvalue weighted by Crippen LogP contribution is -2.38. The summed E-state index contributed by atoms with van der Waals surface area (Å²) in [5.74, 6) is -0.255. The zero-order valence-electron chi connectivity index (χ0n) is 12.8. The van der Waals surface area contributed by atoms with Crippen LogP contribution in [0.5, 0.6) is 0 Å². The Balaban J connectivity index is 0.000000956. The van der Waals surface area contributed by atoms with Crippen molar-refractivity contribution >= 4 is 22.3 Å². The zero-order chi connectivity index (χ0) is 15.0. The SMILES string of the molecule is CC.CCN(c1ccc(C(=O)OC)s1)C1CCOCC1. The summed E-state index contributed by atoms with van der Waals surface area (Å²) >= 11 is 1.50. The number of carbonyl (C=O) groups excluding carboxylic acids is 1. The van der Waals surface area contributed by atoms with Crippen LogP contribution < -0.4 is 4.90 Å². The number of hydrogen-bond donors (Lipinski definition) is 0. The van der Waals surface area contributed by atoms with Crippen LogP contribution in [0.15, 0.2) is 12.1 Å². The van der Waals surface area contributed by atoms with Gasteiger partial charge in [-0.25, -0.2) is 4.79 Å². The van der Waals surface area contributed by atoms with Crippen LogP contribution in [0.4, 0.5) is 5.00 Å². The van der Waals surface area contributed by atoms with Crippen LogP contribution in [0.3, 0.4) is 0 Å². The third-order valence-electron chi connectivity index (χ3n) is 3.23. The molecular formula is C15H25NO3S. The molecule has 0 aliphatic carbocycles. The number of methoxy groups -OCH3 is 1. The van der Waals surface area contributed by atoms with E-state index in [-0.39, 0.29) is 5.97 Å². The molecule has 0 N–H and O–H groups in total. The summed E-state index contributed by atoms with van der Waals surface area (Å²) in [6, 6.07) is 4.37. The molecule has 1 aliphatic rings. The summed E-state index contributed by atoms with van der Waals surface area (Å²) in [5, 5.41) is 1.14. The van der Waals surface area contributed by atoms with E-state index in [1.807, 2.05) is 26.0 Å². The Labute approximate surface area is 125 Å². The summed E-state index contributed by atoms with van der Waals surface area (Å²) < 4.78 is 10.1. The Bertz CT molecular complexity index is 400. The van der Waals surface area contributed by atoms with Crippen molar-refractivity contribution in [2.75, 3.05) is 31.8 Å². The predicted molar refractivity (Wildman–Crippen MR) is 83.9 cm³/mol. The average Bonchev–Trinajstić information content (AvgIpc) is 3.00. The van der Waals surface area contributed by atoms with E-state index < -0.39 is 0 Å². The first-order valence-corrected chi connectivity index (χ1v) is 8.10. The lowest BCUT2D eigenvalue weighted by molar-refractivity contribution is 0.0606. The van der Waals surface area contributed by atoms with Crippen molar-refractivity contribution in [3.05, 3.63) is 17.0 Å². The van der Waals surface area contributed by atoms with E-state index in [0.29, 0.717) is 10.9 Å². The highest BCUT2D eigenvalue weighted by atomic mass is 32.1. The highest BCUT2D eigenvalue weighted by molar-refractivity contribution is 7.17. The molecule has 1 aromatic heterocycles. The predicted octanol–water partition coefficient (Wildman–Crippen LogP) is 3.57. The molecule has 1 aliphatic heterocycles. The van der Waals surface area contributed by atoms with Crippen molar-refractivity contribution < 1.29 is 14.3 Å². The topological polar surface area (TPSA) is 38.8 Å². The smallest absolute Gasteiger partial charge is 0.348 e. The number of esters is 1. The van der Waals surface area contributed by atoms with Crippen LogP contribution in [0, 0.1) is 0 Å². The fourth-order valence-electron chi connectivity index (χ4n) is 2.28. The van der Waals surface area contributed by atoms with Gasteiger partial charge in [0.1, 0.15) is 4.88 Å². The lowest BCUT2D eigenvalue weighted by Gasteiger charge is -2.34. The Hall–Kier alpha value is -1.07. The second kappa shape index (κ2) is 8.97. The average molecular weight is 299 g/mol. The van der Waals surface area contributed by atoms with Gasteiger partial charge in [0.2, 0.25) is 0 Å². The molecule has 1 saturated heterocycles. The lowest BCUT2D eigenvalue weighted by atomic mass is 10.1. The first-order valence-electron chi connectivity index (χ1n) is 7.28. The molecule has 20 heavy (non-hydrogen) atoms. The maximum absolute atomic E-state index is 11.5. The molecule has 1 fully saturated rings. The van der Waals surface area contributed by atoms with E-state index in [1.165, 1.54) is 18.4 Å². The molecule has 0 radical (unpaired) electrons. The van der Waals surface area contributed by atoms with Crippen molar-refractivity contribution in [3.8, 4) is 0 Å². The van der Waals surface area contributed by atoms with Gasteiger partial charge in [-0.3, -0.25) is 0 Å². The van der Waals surface area contributed by atoms with E-state index in [1.54, 1.807) is 0 Å². The first-order chi connectivity index (χ1) is 9.76. The van der Waals surface area contributed by atoms with Crippen LogP contribution in [-0.4, -0.2) is 38.9 Å². The molecule has 0 saturated carbocycles. The van der Waals surface area contributed by atoms with Gasteiger partial charge in [-0.05, 0) is 31.9 Å². The van der Waals surface area contributed by atoms with E-state index in [4.69, 9.17) is 9.47 Å². The fourth-order valence-corrected chi connectivity index (χ4v) is 3.34. The first kappa shape index (κ1) is 17.0. The van der Waals surface area contributed by atoms with Crippen molar-refractivity contribution in [2.24, 2.45) is 0 Å². The van der Waals surface area contributed by atoms with Crippen LogP contribution in [0.2, 0.25) is 0 Å². The van der Waals surface area contributed by atoms with Gasteiger partial charge in [-0.1, -0.05) is 13.8 Å². The number of hydrogen-bond acceptors (Lipinski definition) is 5. The standard InChI is InChI=1S/C13H19NO3S.C2H6/c1-3-14(10-6-8-17-9-7-10)12-5-4-11(18-12)13(15)16-2;1-2/h4-5,10H,3,6-9H2,1-2H3;1-2H3. The van der Waals surface area contributed by atoms with Crippen LogP contribution >= 0.6 is 11.3 Å². The minimum Gasteiger partial charge on any atom is -0.465 e. The maximum atomic E-state index is 11.5.